The van der Waals surface area contributed by atoms with Crippen LogP contribution in [0.3, 0.4) is 0 Å². The van der Waals surface area contributed by atoms with Crippen molar-refractivity contribution in [3.63, 3.8) is 0 Å². The number of hydrogen-bond acceptors (Lipinski definition) is 5. The van der Waals surface area contributed by atoms with Gasteiger partial charge >= 0.3 is 0 Å². The molecule has 1 aromatic heterocycles. The standard InChI is InChI=1S/C15H24N4O2/c1-10-17-14(18-21-10)7-11-3-2-6-19(9-11)15(20)12-4-5-13(16)8-12/h11-13H,2-9,16H2,1H3/t11-,12-,13+/m0/s1. The van der Waals surface area contributed by atoms with Crippen molar-refractivity contribution >= 4 is 5.91 Å². The van der Waals surface area contributed by atoms with Crippen molar-refractivity contribution in [2.24, 2.45) is 17.6 Å². The van der Waals surface area contributed by atoms with Gasteiger partial charge in [-0.05, 0) is 38.0 Å². The number of likely N-dealkylation sites (tertiary alicyclic amines) is 1. The number of nitrogens with two attached hydrogens (primary N) is 1. The number of aryl methyl sites for hydroxylation is 1. The smallest absolute Gasteiger partial charge is 0.225 e. The number of nitrogens with zero attached hydrogens (tertiary/aromatic N) is 3. The minimum atomic E-state index is 0.145. The van der Waals surface area contributed by atoms with E-state index in [2.05, 4.69) is 10.1 Å². The van der Waals surface area contributed by atoms with Crippen molar-refractivity contribution in [3.05, 3.63) is 11.7 Å². The molecule has 2 fully saturated rings. The number of aromatic nitrogens is 2. The zero-order valence-electron chi connectivity index (χ0n) is 12.6. The maximum Gasteiger partial charge on any atom is 0.225 e. The first-order valence-electron chi connectivity index (χ1n) is 7.95. The van der Waals surface area contributed by atoms with Gasteiger partial charge < -0.3 is 15.2 Å². The molecule has 6 nitrogen and oxygen atoms in total. The van der Waals surface area contributed by atoms with Gasteiger partial charge in [0.15, 0.2) is 5.82 Å². The molecule has 0 bridgehead atoms. The highest BCUT2D eigenvalue weighted by molar-refractivity contribution is 5.79. The number of carbonyl (C=O) groups is 1. The van der Waals surface area contributed by atoms with Crippen LogP contribution in [0.25, 0.3) is 0 Å². The summed E-state index contributed by atoms with van der Waals surface area (Å²) in [6.07, 6.45) is 5.77. The average Bonchev–Trinajstić information content (AvgIpc) is 3.07. The zero-order valence-corrected chi connectivity index (χ0v) is 12.6. The van der Waals surface area contributed by atoms with Crippen LogP contribution in [0, 0.1) is 18.8 Å². The lowest BCUT2D eigenvalue weighted by Gasteiger charge is -2.34. The van der Waals surface area contributed by atoms with E-state index in [0.717, 1.165) is 57.4 Å². The van der Waals surface area contributed by atoms with Crippen molar-refractivity contribution in [3.8, 4) is 0 Å². The lowest BCUT2D eigenvalue weighted by Crippen LogP contribution is -2.43. The van der Waals surface area contributed by atoms with Gasteiger partial charge in [-0.15, -0.1) is 0 Å². The molecule has 21 heavy (non-hydrogen) atoms. The first kappa shape index (κ1) is 14.5. The van der Waals surface area contributed by atoms with E-state index in [1.807, 2.05) is 4.90 Å². The Bertz CT molecular complexity index is 502. The van der Waals surface area contributed by atoms with E-state index in [0.29, 0.717) is 17.7 Å². The summed E-state index contributed by atoms with van der Waals surface area (Å²) in [4.78, 5) is 18.9. The van der Waals surface area contributed by atoms with Crippen molar-refractivity contribution in [2.75, 3.05) is 13.1 Å². The molecule has 2 N–H and O–H groups in total. The third-order valence-corrected chi connectivity index (χ3v) is 4.69. The van der Waals surface area contributed by atoms with E-state index in [9.17, 15) is 4.79 Å². The van der Waals surface area contributed by atoms with Crippen LogP contribution in [0.5, 0.6) is 0 Å². The van der Waals surface area contributed by atoms with E-state index < -0.39 is 0 Å². The Kier molecular flexibility index (Phi) is 4.24. The van der Waals surface area contributed by atoms with Gasteiger partial charge in [-0.2, -0.15) is 4.98 Å². The maximum atomic E-state index is 12.6. The van der Waals surface area contributed by atoms with Crippen LogP contribution in [0.15, 0.2) is 4.52 Å². The van der Waals surface area contributed by atoms with Crippen molar-refractivity contribution < 1.29 is 9.32 Å². The van der Waals surface area contributed by atoms with Crippen LogP contribution >= 0.6 is 0 Å². The van der Waals surface area contributed by atoms with Gasteiger partial charge in [-0.1, -0.05) is 5.16 Å². The molecule has 0 aromatic carbocycles. The molecular weight excluding hydrogens is 268 g/mol. The largest absolute Gasteiger partial charge is 0.342 e. The number of carbonyl (C=O) groups excluding carboxylic acids is 1. The minimum absolute atomic E-state index is 0.145. The van der Waals surface area contributed by atoms with Gasteiger partial charge in [0.2, 0.25) is 11.8 Å². The summed E-state index contributed by atoms with van der Waals surface area (Å²) in [5, 5.41) is 3.96. The first-order valence-corrected chi connectivity index (χ1v) is 7.95. The van der Waals surface area contributed by atoms with E-state index in [1.165, 1.54) is 0 Å². The Hall–Kier alpha value is -1.43. The van der Waals surface area contributed by atoms with Crippen LogP contribution in [0.2, 0.25) is 0 Å². The highest BCUT2D eigenvalue weighted by atomic mass is 16.5. The molecule has 3 atom stereocenters. The summed E-state index contributed by atoms with van der Waals surface area (Å²) >= 11 is 0. The van der Waals surface area contributed by atoms with Gasteiger partial charge in [0.25, 0.3) is 0 Å². The van der Waals surface area contributed by atoms with E-state index in [1.54, 1.807) is 6.92 Å². The van der Waals surface area contributed by atoms with Crippen LogP contribution < -0.4 is 5.73 Å². The molecule has 116 valence electrons. The molecule has 0 radical (unpaired) electrons. The lowest BCUT2D eigenvalue weighted by molar-refractivity contribution is -0.137. The molecule has 1 saturated heterocycles. The summed E-state index contributed by atoms with van der Waals surface area (Å²) in [5.74, 6) is 2.25. The van der Waals surface area contributed by atoms with Gasteiger partial charge in [-0.3, -0.25) is 4.79 Å². The van der Waals surface area contributed by atoms with E-state index >= 15 is 0 Å². The predicted octanol–water partition coefficient (Wildman–Crippen LogP) is 1.29. The maximum absolute atomic E-state index is 12.6. The third kappa shape index (κ3) is 3.43. The Morgan fingerprint density at radius 1 is 1.43 bits per heavy atom. The van der Waals surface area contributed by atoms with Crippen molar-refractivity contribution in [1.29, 1.82) is 0 Å². The molecule has 2 heterocycles. The Morgan fingerprint density at radius 3 is 2.95 bits per heavy atom. The van der Waals surface area contributed by atoms with Gasteiger partial charge in [-0.25, -0.2) is 0 Å². The number of rotatable bonds is 3. The van der Waals surface area contributed by atoms with Crippen LogP contribution in [-0.4, -0.2) is 40.1 Å². The Labute approximate surface area is 125 Å². The summed E-state index contributed by atoms with van der Waals surface area (Å²) in [6.45, 7) is 3.50. The number of hydrogen-bond donors (Lipinski definition) is 1. The predicted molar refractivity (Wildman–Crippen MR) is 77.4 cm³/mol. The van der Waals surface area contributed by atoms with Crippen LogP contribution in [-0.2, 0) is 11.2 Å². The second-order valence-electron chi connectivity index (χ2n) is 6.50. The second-order valence-corrected chi connectivity index (χ2v) is 6.50. The topological polar surface area (TPSA) is 85.2 Å². The zero-order chi connectivity index (χ0) is 14.8. The molecule has 0 spiro atoms. The van der Waals surface area contributed by atoms with Gasteiger partial charge in [0, 0.05) is 38.4 Å². The SMILES string of the molecule is Cc1nc(C[C@@H]2CCCN(C(=O)[C@H]3CC[C@@H](N)C3)C2)no1. The summed E-state index contributed by atoms with van der Waals surface area (Å²) in [5.41, 5.74) is 5.93. The van der Waals surface area contributed by atoms with Crippen LogP contribution in [0.1, 0.15) is 43.8 Å². The Morgan fingerprint density at radius 2 is 2.29 bits per heavy atom. The highest BCUT2D eigenvalue weighted by Gasteiger charge is 2.33. The minimum Gasteiger partial charge on any atom is -0.342 e. The molecule has 1 saturated carbocycles. The fourth-order valence-electron chi connectivity index (χ4n) is 3.61. The first-order chi connectivity index (χ1) is 10.1. The van der Waals surface area contributed by atoms with E-state index in [-0.39, 0.29) is 12.0 Å². The molecule has 0 unspecified atom stereocenters. The molecule has 3 rings (SSSR count). The number of piperidine rings is 1. The second kappa shape index (κ2) is 6.13. The quantitative estimate of drug-likeness (QED) is 0.907. The monoisotopic (exact) mass is 292 g/mol. The highest BCUT2D eigenvalue weighted by Crippen LogP contribution is 2.28. The molecule has 1 amide bonds. The fourth-order valence-corrected chi connectivity index (χ4v) is 3.61. The fraction of sp³-hybridized carbons (Fsp3) is 0.800. The summed E-state index contributed by atoms with van der Waals surface area (Å²) < 4.78 is 5.02. The number of amides is 1. The molecular formula is C15H24N4O2. The van der Waals surface area contributed by atoms with Crippen molar-refractivity contribution in [1.82, 2.24) is 15.0 Å². The van der Waals surface area contributed by atoms with Gasteiger partial charge in [0.1, 0.15) is 0 Å². The van der Waals surface area contributed by atoms with Crippen LogP contribution in [0.4, 0.5) is 0 Å². The lowest BCUT2D eigenvalue weighted by atomic mass is 9.93. The molecule has 6 heteroatoms. The summed E-state index contributed by atoms with van der Waals surface area (Å²) in [7, 11) is 0. The summed E-state index contributed by atoms with van der Waals surface area (Å²) in [6, 6.07) is 0.210. The Balaban J connectivity index is 1.56. The third-order valence-electron chi connectivity index (χ3n) is 4.69. The molecule has 2 aliphatic rings. The molecule has 1 aliphatic carbocycles. The van der Waals surface area contributed by atoms with Crippen molar-refractivity contribution in [2.45, 2.75) is 51.5 Å². The molecule has 1 aliphatic heterocycles. The average molecular weight is 292 g/mol. The van der Waals surface area contributed by atoms with Gasteiger partial charge in [0.05, 0.1) is 0 Å². The normalized spacial score (nSPS) is 29.8. The molecule has 1 aromatic rings. The van der Waals surface area contributed by atoms with E-state index in [4.69, 9.17) is 10.3 Å².